The molecule has 3 aromatic rings. The Kier molecular flexibility index (Phi) is 10.00. The number of carbonyl (C=O) groups excluding carboxylic acids is 3. The lowest BCUT2D eigenvalue weighted by molar-refractivity contribution is -0.274. The first kappa shape index (κ1) is 37.5. The summed E-state index contributed by atoms with van der Waals surface area (Å²) in [4.78, 5) is 48.6. The Labute approximate surface area is 310 Å². The minimum atomic E-state index is -4.91. The molecule has 16 heteroatoms. The van der Waals surface area contributed by atoms with Crippen molar-refractivity contribution in [2.45, 2.75) is 99.5 Å². The molecule has 0 radical (unpaired) electrons. The van der Waals surface area contributed by atoms with Crippen molar-refractivity contribution >= 4 is 44.2 Å². The molecular formula is C38H42F3N5O7S. The van der Waals surface area contributed by atoms with E-state index in [2.05, 4.69) is 25.1 Å². The number of rotatable bonds is 8. The highest BCUT2D eigenvalue weighted by Crippen LogP contribution is 2.47. The van der Waals surface area contributed by atoms with Crippen LogP contribution in [0.4, 0.5) is 18.9 Å². The number of amides is 3. The number of ether oxygens (including phenoxy) is 2. The summed E-state index contributed by atoms with van der Waals surface area (Å²) in [5, 5.41) is 7.55. The molecule has 1 aromatic heterocycles. The Bertz CT molecular complexity index is 2070. The molecule has 7 rings (SSSR count). The maximum absolute atomic E-state index is 14.6. The zero-order valence-corrected chi connectivity index (χ0v) is 30.4. The lowest BCUT2D eigenvalue weighted by Crippen LogP contribution is -2.58. The summed E-state index contributed by atoms with van der Waals surface area (Å²) in [5.74, 6) is -2.59. The molecule has 2 aliphatic heterocycles. The Balaban J connectivity index is 1.20. The number of aromatic nitrogens is 1. The monoisotopic (exact) mass is 769 g/mol. The molecule has 0 unspecified atom stereocenters. The zero-order chi connectivity index (χ0) is 38.3. The number of sulfonamides is 1. The summed E-state index contributed by atoms with van der Waals surface area (Å²) in [5.41, 5.74) is -1.33. The van der Waals surface area contributed by atoms with Crippen LogP contribution < -0.4 is 24.8 Å². The second-order valence-electron chi connectivity index (χ2n) is 14.8. The van der Waals surface area contributed by atoms with Crippen molar-refractivity contribution in [2.24, 2.45) is 5.92 Å². The van der Waals surface area contributed by atoms with Gasteiger partial charge in [-0.3, -0.25) is 19.1 Å². The number of anilines is 1. The summed E-state index contributed by atoms with van der Waals surface area (Å²) in [6.45, 7) is 1.53. The van der Waals surface area contributed by atoms with E-state index < -0.39 is 74.2 Å². The van der Waals surface area contributed by atoms with Crippen molar-refractivity contribution in [3.8, 4) is 11.6 Å². The summed E-state index contributed by atoms with van der Waals surface area (Å²) in [7, 11) is -4.01. The molecule has 2 aliphatic carbocycles. The molecule has 2 aromatic carbocycles. The third-order valence-corrected chi connectivity index (χ3v) is 13.0. The number of pyridine rings is 1. The Hall–Kier alpha value is -4.86. The van der Waals surface area contributed by atoms with Gasteiger partial charge in [0.1, 0.15) is 29.5 Å². The quantitative estimate of drug-likeness (QED) is 0.257. The van der Waals surface area contributed by atoms with Crippen molar-refractivity contribution in [1.82, 2.24) is 19.9 Å². The fourth-order valence-electron chi connectivity index (χ4n) is 7.27. The largest absolute Gasteiger partial charge is 0.573 e. The smallest absolute Gasteiger partial charge is 0.472 e. The third-order valence-electron chi connectivity index (χ3n) is 10.8. The first-order valence-electron chi connectivity index (χ1n) is 18.2. The van der Waals surface area contributed by atoms with Crippen LogP contribution in [-0.4, -0.2) is 77.4 Å². The predicted molar refractivity (Wildman–Crippen MR) is 193 cm³/mol. The van der Waals surface area contributed by atoms with Crippen molar-refractivity contribution in [3.05, 3.63) is 72.9 Å². The number of nitrogens with zero attached hydrogens (tertiary/aromatic N) is 2. The number of benzene rings is 2. The maximum Gasteiger partial charge on any atom is 0.573 e. The van der Waals surface area contributed by atoms with Gasteiger partial charge in [-0.1, -0.05) is 49.3 Å². The summed E-state index contributed by atoms with van der Waals surface area (Å²) < 4.78 is 76.9. The Morgan fingerprint density at radius 2 is 1.85 bits per heavy atom. The number of nitrogens with one attached hydrogen (secondary N) is 3. The van der Waals surface area contributed by atoms with Gasteiger partial charge in [0.25, 0.3) is 5.91 Å². The molecule has 4 aliphatic rings. The van der Waals surface area contributed by atoms with Crippen LogP contribution >= 0.6 is 0 Å². The summed E-state index contributed by atoms with van der Waals surface area (Å²) in [6, 6.07) is 12.4. The highest BCUT2D eigenvalue weighted by molar-refractivity contribution is 7.91. The fourth-order valence-corrected chi connectivity index (χ4v) is 8.59. The second-order valence-corrected chi connectivity index (χ2v) is 17.0. The normalized spacial score (nSPS) is 27.1. The lowest BCUT2D eigenvalue weighted by Gasteiger charge is -2.30. The van der Waals surface area contributed by atoms with E-state index in [1.165, 1.54) is 17.0 Å². The van der Waals surface area contributed by atoms with E-state index in [1.807, 2.05) is 42.5 Å². The maximum atomic E-state index is 14.6. The van der Waals surface area contributed by atoms with Gasteiger partial charge in [-0.25, -0.2) is 13.4 Å². The SMILES string of the molecule is CC1(S(=O)(=O)NC(=O)[C@@]23C[C@H]2C=CCCCCC[C@H](Nc2cccc(OC(F)(F)F)c2)C(=O)N2C[C@H](Oc4nccc5ccccc45)C[C@H]2C(=O)N3)CC1. The molecule has 3 N–H and O–H groups in total. The topological polar surface area (TPSA) is 156 Å². The van der Waals surface area contributed by atoms with Gasteiger partial charge in [-0.2, -0.15) is 0 Å². The van der Waals surface area contributed by atoms with Crippen LogP contribution in [0.1, 0.15) is 64.7 Å². The first-order chi connectivity index (χ1) is 25.7. The molecule has 3 fully saturated rings. The molecule has 1 saturated heterocycles. The standard InChI is InChI=1S/C38H42F3N5O7S/c1-36(17-18-36)54(50,51)45-35(49)37-22-25(37)11-5-3-2-4-6-15-30(43-26-12-9-13-27(20-26)53-38(39,40)41)34(48)46-23-28(21-31(46)32(47)44-37)52-33-29-14-8-7-10-24(29)16-19-42-33/h5,7-14,16,19-20,25,28,30-31,43H,2-4,6,15,17-18,21-23H2,1H3,(H,44,47)(H,45,49)/t25-,28-,30+,31+,37-/m1/s1. The van der Waals surface area contributed by atoms with Gasteiger partial charge < -0.3 is 25.0 Å². The average Bonchev–Trinajstić information content (AvgIpc) is 4.00. The molecule has 54 heavy (non-hydrogen) atoms. The van der Waals surface area contributed by atoms with Crippen molar-refractivity contribution < 1.29 is 45.4 Å². The number of hydrogen-bond donors (Lipinski definition) is 3. The van der Waals surface area contributed by atoms with E-state index in [0.717, 1.165) is 35.7 Å². The van der Waals surface area contributed by atoms with Crippen LogP contribution in [0.15, 0.2) is 72.9 Å². The van der Waals surface area contributed by atoms with Crippen LogP contribution in [0, 0.1) is 5.92 Å². The third kappa shape index (κ3) is 7.98. The van der Waals surface area contributed by atoms with E-state index in [-0.39, 0.29) is 25.1 Å². The van der Waals surface area contributed by atoms with E-state index in [0.29, 0.717) is 38.0 Å². The van der Waals surface area contributed by atoms with E-state index >= 15 is 0 Å². The molecule has 0 spiro atoms. The van der Waals surface area contributed by atoms with E-state index in [4.69, 9.17) is 4.74 Å². The molecule has 3 heterocycles. The van der Waals surface area contributed by atoms with Gasteiger partial charge in [0.15, 0.2) is 0 Å². The lowest BCUT2D eigenvalue weighted by atomic mass is 10.0. The minimum absolute atomic E-state index is 0.0265. The molecule has 288 valence electrons. The molecule has 12 nitrogen and oxygen atoms in total. The molecule has 2 saturated carbocycles. The molecule has 5 atom stereocenters. The number of alkyl halides is 3. The van der Waals surface area contributed by atoms with Gasteiger partial charge in [0, 0.05) is 35.7 Å². The number of fused-ring (bicyclic) bond motifs is 3. The van der Waals surface area contributed by atoms with Crippen LogP contribution in [0.25, 0.3) is 10.8 Å². The molecule has 3 amide bonds. The van der Waals surface area contributed by atoms with Crippen molar-refractivity contribution in [3.63, 3.8) is 0 Å². The number of halogens is 3. The van der Waals surface area contributed by atoms with Gasteiger partial charge in [0.05, 0.1) is 11.3 Å². The number of allylic oxidation sites excluding steroid dienone is 1. The van der Waals surface area contributed by atoms with Crippen molar-refractivity contribution in [2.75, 3.05) is 11.9 Å². The first-order valence-corrected chi connectivity index (χ1v) is 19.6. The van der Waals surface area contributed by atoms with Gasteiger partial charge >= 0.3 is 6.36 Å². The number of carbonyl (C=O) groups is 3. The van der Waals surface area contributed by atoms with Crippen LogP contribution in [0.2, 0.25) is 0 Å². The van der Waals surface area contributed by atoms with Crippen LogP contribution in [-0.2, 0) is 24.4 Å². The minimum Gasteiger partial charge on any atom is -0.472 e. The molecule has 0 bridgehead atoms. The van der Waals surface area contributed by atoms with Gasteiger partial charge in [-0.15, -0.1) is 13.2 Å². The highest BCUT2D eigenvalue weighted by atomic mass is 32.2. The van der Waals surface area contributed by atoms with Gasteiger partial charge in [0.2, 0.25) is 27.7 Å². The van der Waals surface area contributed by atoms with E-state index in [1.54, 1.807) is 13.1 Å². The molecular weight excluding hydrogens is 728 g/mol. The summed E-state index contributed by atoms with van der Waals surface area (Å²) in [6.07, 6.45) is 3.77. The van der Waals surface area contributed by atoms with Crippen molar-refractivity contribution in [1.29, 1.82) is 0 Å². The van der Waals surface area contributed by atoms with Crippen LogP contribution in [0.5, 0.6) is 11.6 Å². The number of hydrogen-bond acceptors (Lipinski definition) is 9. The van der Waals surface area contributed by atoms with E-state index in [9.17, 15) is 36.0 Å². The second kappa shape index (κ2) is 14.4. The predicted octanol–water partition coefficient (Wildman–Crippen LogP) is 5.36. The average molecular weight is 770 g/mol. The summed E-state index contributed by atoms with van der Waals surface area (Å²) >= 11 is 0. The highest BCUT2D eigenvalue weighted by Gasteiger charge is 2.63. The van der Waals surface area contributed by atoms with Gasteiger partial charge in [-0.05, 0) is 75.1 Å². The zero-order valence-electron chi connectivity index (χ0n) is 29.6. The fraction of sp³-hybridized carbons (Fsp3) is 0.474. The Morgan fingerprint density at radius 1 is 1.06 bits per heavy atom. The Morgan fingerprint density at radius 3 is 2.63 bits per heavy atom. The van der Waals surface area contributed by atoms with Crippen LogP contribution in [0.3, 0.4) is 0 Å².